The second-order valence-electron chi connectivity index (χ2n) is 4.63. The van der Waals surface area contributed by atoms with E-state index in [0.29, 0.717) is 12.5 Å². The van der Waals surface area contributed by atoms with Crippen LogP contribution in [0.2, 0.25) is 0 Å². The fraction of sp³-hybridized carbons (Fsp3) is 0.923. The molecule has 0 radical (unpaired) electrons. The maximum Gasteiger partial charge on any atom is 0.220 e. The number of hydrogen-bond donors (Lipinski definition) is 2. The molecule has 17 heavy (non-hydrogen) atoms. The van der Waals surface area contributed by atoms with E-state index >= 15 is 0 Å². The van der Waals surface area contributed by atoms with Gasteiger partial charge in [0.05, 0.1) is 6.10 Å². The van der Waals surface area contributed by atoms with E-state index in [9.17, 15) is 4.79 Å². The van der Waals surface area contributed by atoms with Gasteiger partial charge in [0.25, 0.3) is 0 Å². The summed E-state index contributed by atoms with van der Waals surface area (Å²) < 4.78 is 5.59. The smallest absolute Gasteiger partial charge is 0.220 e. The van der Waals surface area contributed by atoms with Crippen molar-refractivity contribution in [3.63, 3.8) is 0 Å². The maximum absolute atomic E-state index is 11.5. The predicted octanol–water partition coefficient (Wildman–Crippen LogP) is 1.45. The molecule has 100 valence electrons. The van der Waals surface area contributed by atoms with Crippen LogP contribution < -0.4 is 10.6 Å². The van der Waals surface area contributed by atoms with Gasteiger partial charge >= 0.3 is 0 Å². The molecule has 0 bridgehead atoms. The molecule has 0 aromatic carbocycles. The average molecular weight is 242 g/mol. The highest BCUT2D eigenvalue weighted by atomic mass is 16.5. The minimum atomic E-state index is 0.150. The minimum absolute atomic E-state index is 0.150. The van der Waals surface area contributed by atoms with Gasteiger partial charge in [0.2, 0.25) is 5.91 Å². The third kappa shape index (κ3) is 7.34. The molecule has 0 spiro atoms. The lowest BCUT2D eigenvalue weighted by molar-refractivity contribution is -0.122. The quantitative estimate of drug-likeness (QED) is 0.633. The summed E-state index contributed by atoms with van der Waals surface area (Å²) in [6, 6.07) is 0. The van der Waals surface area contributed by atoms with Crippen molar-refractivity contribution in [2.75, 3.05) is 26.2 Å². The Morgan fingerprint density at radius 2 is 2.18 bits per heavy atom. The van der Waals surface area contributed by atoms with E-state index in [0.717, 1.165) is 45.5 Å². The molecule has 1 heterocycles. The van der Waals surface area contributed by atoms with Crippen molar-refractivity contribution in [3.05, 3.63) is 0 Å². The Bertz CT molecular complexity index is 204. The van der Waals surface area contributed by atoms with Gasteiger partial charge in [0.1, 0.15) is 0 Å². The van der Waals surface area contributed by atoms with E-state index in [1.807, 2.05) is 0 Å². The molecule has 2 N–H and O–H groups in total. The molecule has 1 unspecified atom stereocenters. The van der Waals surface area contributed by atoms with E-state index < -0.39 is 0 Å². The molecular formula is C13H26N2O2. The molecule has 1 aliphatic heterocycles. The number of amides is 1. The molecule has 0 aromatic heterocycles. The van der Waals surface area contributed by atoms with Gasteiger partial charge < -0.3 is 15.4 Å². The molecule has 1 fully saturated rings. The minimum Gasteiger partial charge on any atom is -0.378 e. The first-order valence-corrected chi connectivity index (χ1v) is 6.92. The predicted molar refractivity (Wildman–Crippen MR) is 69.0 cm³/mol. The van der Waals surface area contributed by atoms with Crippen molar-refractivity contribution < 1.29 is 9.53 Å². The van der Waals surface area contributed by atoms with E-state index in [1.165, 1.54) is 12.8 Å². The highest BCUT2D eigenvalue weighted by Crippen LogP contribution is 2.16. The van der Waals surface area contributed by atoms with Crippen LogP contribution in [-0.4, -0.2) is 38.3 Å². The summed E-state index contributed by atoms with van der Waals surface area (Å²) in [5.74, 6) is 0.150. The first kappa shape index (κ1) is 14.5. The molecule has 4 heteroatoms. The van der Waals surface area contributed by atoms with Gasteiger partial charge in [-0.1, -0.05) is 6.92 Å². The third-order valence-corrected chi connectivity index (χ3v) is 3.02. The van der Waals surface area contributed by atoms with Crippen LogP contribution >= 0.6 is 0 Å². The highest BCUT2D eigenvalue weighted by molar-refractivity contribution is 5.75. The maximum atomic E-state index is 11.5. The zero-order chi connectivity index (χ0) is 12.3. The molecule has 1 saturated heterocycles. The Morgan fingerprint density at radius 1 is 1.29 bits per heavy atom. The normalized spacial score (nSPS) is 20.2. The zero-order valence-electron chi connectivity index (χ0n) is 11.0. The van der Waals surface area contributed by atoms with Gasteiger partial charge in [0.15, 0.2) is 0 Å². The standard InChI is InChI=1S/C13H26N2O2/c1-2-8-14-9-10-15-13(16)7-6-12-5-3-4-11-17-12/h12,14H,2-11H2,1H3,(H,15,16). The van der Waals surface area contributed by atoms with Crippen LogP contribution in [0.1, 0.15) is 45.4 Å². The van der Waals surface area contributed by atoms with Gasteiger partial charge in [-0.25, -0.2) is 0 Å². The zero-order valence-corrected chi connectivity index (χ0v) is 11.0. The van der Waals surface area contributed by atoms with Gasteiger partial charge in [0, 0.05) is 26.1 Å². The van der Waals surface area contributed by atoms with Crippen LogP contribution in [0.5, 0.6) is 0 Å². The summed E-state index contributed by atoms with van der Waals surface area (Å²) in [4.78, 5) is 11.5. The number of hydrogen-bond acceptors (Lipinski definition) is 3. The van der Waals surface area contributed by atoms with Gasteiger partial charge in [-0.3, -0.25) is 4.79 Å². The van der Waals surface area contributed by atoms with Gasteiger partial charge in [-0.15, -0.1) is 0 Å². The van der Waals surface area contributed by atoms with Crippen molar-refractivity contribution in [2.24, 2.45) is 0 Å². The lowest BCUT2D eigenvalue weighted by Gasteiger charge is -2.22. The van der Waals surface area contributed by atoms with Crippen molar-refractivity contribution in [1.82, 2.24) is 10.6 Å². The second kappa shape index (κ2) is 9.42. The summed E-state index contributed by atoms with van der Waals surface area (Å²) in [5.41, 5.74) is 0. The van der Waals surface area contributed by atoms with Crippen LogP contribution in [0.4, 0.5) is 0 Å². The van der Waals surface area contributed by atoms with E-state index in [4.69, 9.17) is 4.74 Å². The Morgan fingerprint density at radius 3 is 2.88 bits per heavy atom. The Balaban J connectivity index is 1.93. The summed E-state index contributed by atoms with van der Waals surface area (Å²) >= 11 is 0. The van der Waals surface area contributed by atoms with Gasteiger partial charge in [-0.05, 0) is 38.6 Å². The topological polar surface area (TPSA) is 50.4 Å². The summed E-state index contributed by atoms with van der Waals surface area (Å²) in [5, 5.41) is 6.18. The van der Waals surface area contributed by atoms with Crippen LogP contribution in [-0.2, 0) is 9.53 Å². The summed E-state index contributed by atoms with van der Waals surface area (Å²) in [6.45, 7) is 5.61. The number of rotatable bonds is 8. The summed E-state index contributed by atoms with van der Waals surface area (Å²) in [7, 11) is 0. The first-order chi connectivity index (χ1) is 8.33. The first-order valence-electron chi connectivity index (χ1n) is 6.92. The average Bonchev–Trinajstić information content (AvgIpc) is 2.37. The van der Waals surface area contributed by atoms with Crippen LogP contribution in [0.15, 0.2) is 0 Å². The molecule has 0 aliphatic carbocycles. The largest absolute Gasteiger partial charge is 0.378 e. The molecule has 1 aliphatic rings. The molecule has 0 aromatic rings. The Kier molecular flexibility index (Phi) is 8.01. The molecule has 4 nitrogen and oxygen atoms in total. The van der Waals surface area contributed by atoms with E-state index in [-0.39, 0.29) is 5.91 Å². The van der Waals surface area contributed by atoms with Crippen molar-refractivity contribution in [2.45, 2.75) is 51.6 Å². The monoisotopic (exact) mass is 242 g/mol. The molecule has 0 saturated carbocycles. The molecular weight excluding hydrogens is 216 g/mol. The van der Waals surface area contributed by atoms with Crippen molar-refractivity contribution >= 4 is 5.91 Å². The lowest BCUT2D eigenvalue weighted by atomic mass is 10.0. The van der Waals surface area contributed by atoms with Gasteiger partial charge in [-0.2, -0.15) is 0 Å². The fourth-order valence-electron chi connectivity index (χ4n) is 2.01. The number of ether oxygens (including phenoxy) is 1. The van der Waals surface area contributed by atoms with Crippen LogP contribution in [0.25, 0.3) is 0 Å². The van der Waals surface area contributed by atoms with E-state index in [2.05, 4.69) is 17.6 Å². The fourth-order valence-corrected chi connectivity index (χ4v) is 2.01. The van der Waals surface area contributed by atoms with Crippen LogP contribution in [0, 0.1) is 0 Å². The molecule has 1 atom stereocenters. The molecule has 1 amide bonds. The summed E-state index contributed by atoms with van der Waals surface area (Å²) in [6.07, 6.45) is 6.44. The van der Waals surface area contributed by atoms with Crippen molar-refractivity contribution in [1.29, 1.82) is 0 Å². The van der Waals surface area contributed by atoms with E-state index in [1.54, 1.807) is 0 Å². The second-order valence-corrected chi connectivity index (χ2v) is 4.63. The lowest BCUT2D eigenvalue weighted by Crippen LogP contribution is -2.32. The van der Waals surface area contributed by atoms with Crippen LogP contribution in [0.3, 0.4) is 0 Å². The van der Waals surface area contributed by atoms with Crippen molar-refractivity contribution in [3.8, 4) is 0 Å². The number of carbonyl (C=O) groups excluding carboxylic acids is 1. The Hall–Kier alpha value is -0.610. The number of carbonyl (C=O) groups is 1. The molecule has 1 rings (SSSR count). The highest BCUT2D eigenvalue weighted by Gasteiger charge is 2.14. The Labute approximate surface area is 104 Å². The number of nitrogens with one attached hydrogen (secondary N) is 2. The third-order valence-electron chi connectivity index (χ3n) is 3.02. The SMILES string of the molecule is CCCNCCNC(=O)CCC1CCCCO1.